The Bertz CT molecular complexity index is 713. The van der Waals surface area contributed by atoms with E-state index in [1.54, 1.807) is 5.38 Å². The zero-order valence-corrected chi connectivity index (χ0v) is 19.2. The Kier molecular flexibility index (Phi) is 9.37. The van der Waals surface area contributed by atoms with Crippen molar-refractivity contribution in [3.05, 3.63) is 23.2 Å². The maximum atomic E-state index is 12.3. The summed E-state index contributed by atoms with van der Waals surface area (Å²) in [6, 6.07) is 0. The molecule has 29 heavy (non-hydrogen) atoms. The molecule has 1 aliphatic carbocycles. The number of hydrogen-bond donors (Lipinski definition) is 2. The van der Waals surface area contributed by atoms with E-state index in [0.717, 1.165) is 42.2 Å². The van der Waals surface area contributed by atoms with Gasteiger partial charge in [-0.15, -0.1) is 11.3 Å². The fraction of sp³-hybridized carbons (Fsp3) is 0.682. The average Bonchev–Trinajstić information content (AvgIpc) is 3.28. The quantitative estimate of drug-likeness (QED) is 0.333. The Morgan fingerprint density at radius 3 is 2.93 bits per heavy atom. The Hall–Kier alpha value is -1.18. The van der Waals surface area contributed by atoms with E-state index in [2.05, 4.69) is 31.0 Å². The van der Waals surface area contributed by atoms with E-state index in [1.807, 2.05) is 6.92 Å². The van der Waals surface area contributed by atoms with Crippen LogP contribution >= 0.6 is 23.1 Å². The van der Waals surface area contributed by atoms with Gasteiger partial charge in [0.1, 0.15) is 5.78 Å². The minimum absolute atomic E-state index is 0.0164. The summed E-state index contributed by atoms with van der Waals surface area (Å²) in [6.45, 7) is 6.29. The molecule has 7 heteroatoms. The van der Waals surface area contributed by atoms with Crippen LogP contribution in [0, 0.1) is 17.8 Å². The maximum Gasteiger partial charge on any atom is 0.355 e. The van der Waals surface area contributed by atoms with E-state index >= 15 is 0 Å². The molecular weight excluding hydrogens is 406 g/mol. The van der Waals surface area contributed by atoms with Crippen LogP contribution in [0.15, 0.2) is 21.9 Å². The fourth-order valence-electron chi connectivity index (χ4n) is 3.59. The van der Waals surface area contributed by atoms with Crippen LogP contribution in [0.4, 0.5) is 0 Å². The summed E-state index contributed by atoms with van der Waals surface area (Å²) in [5, 5.41) is 21.1. The number of hydrogen-bond acceptors (Lipinski definition) is 6. The van der Waals surface area contributed by atoms with Crippen LogP contribution in [0.1, 0.15) is 76.2 Å². The molecular formula is C22H33NO4S2. The lowest BCUT2D eigenvalue weighted by Gasteiger charge is -2.23. The van der Waals surface area contributed by atoms with Gasteiger partial charge < -0.3 is 10.2 Å². The van der Waals surface area contributed by atoms with Gasteiger partial charge in [-0.05, 0) is 50.9 Å². The van der Waals surface area contributed by atoms with Crippen LogP contribution in [0.2, 0.25) is 0 Å². The lowest BCUT2D eigenvalue weighted by molar-refractivity contribution is -0.121. The largest absolute Gasteiger partial charge is 0.476 e. The lowest BCUT2D eigenvalue weighted by Crippen LogP contribution is -2.24. The Morgan fingerprint density at radius 2 is 2.28 bits per heavy atom. The molecule has 0 aromatic carbocycles. The molecule has 0 aliphatic heterocycles. The molecule has 1 aromatic rings. The predicted octanol–water partition coefficient (Wildman–Crippen LogP) is 5.44. The highest BCUT2D eigenvalue weighted by Gasteiger charge is 2.32. The number of nitrogens with zero attached hydrogens (tertiary/aromatic N) is 1. The molecule has 2 rings (SSSR count). The van der Waals surface area contributed by atoms with Crippen molar-refractivity contribution < 1.29 is 19.8 Å². The van der Waals surface area contributed by atoms with E-state index in [4.69, 9.17) is 5.11 Å². The monoisotopic (exact) mass is 439 g/mol. The molecule has 1 aliphatic rings. The van der Waals surface area contributed by atoms with Crippen molar-refractivity contribution in [1.29, 1.82) is 0 Å². The first-order valence-corrected chi connectivity index (χ1v) is 12.3. The number of aliphatic hydroxyl groups is 1. The topological polar surface area (TPSA) is 87.5 Å². The van der Waals surface area contributed by atoms with Crippen LogP contribution in [0.25, 0.3) is 0 Å². The van der Waals surface area contributed by atoms with Gasteiger partial charge in [0.05, 0.1) is 5.60 Å². The van der Waals surface area contributed by atoms with Gasteiger partial charge in [-0.25, -0.2) is 9.78 Å². The van der Waals surface area contributed by atoms with Gasteiger partial charge in [-0.3, -0.25) is 4.79 Å². The van der Waals surface area contributed by atoms with Crippen LogP contribution in [0.3, 0.4) is 0 Å². The van der Waals surface area contributed by atoms with E-state index in [0.29, 0.717) is 24.5 Å². The van der Waals surface area contributed by atoms with Gasteiger partial charge in [0.25, 0.3) is 0 Å². The molecule has 0 unspecified atom stereocenters. The van der Waals surface area contributed by atoms with E-state index in [-0.39, 0.29) is 17.5 Å². The number of Topliss-reactive ketones (excluding diaryl/α,β-unsaturated/α-hetero) is 1. The second kappa shape index (κ2) is 11.3. The zero-order valence-electron chi connectivity index (χ0n) is 17.6. The molecule has 0 amide bonds. The summed E-state index contributed by atoms with van der Waals surface area (Å²) in [5.74, 6) is 0.935. The highest BCUT2D eigenvalue weighted by Crippen LogP contribution is 2.35. The van der Waals surface area contributed by atoms with Gasteiger partial charge in [0, 0.05) is 23.5 Å². The summed E-state index contributed by atoms with van der Waals surface area (Å²) >= 11 is 2.85. The van der Waals surface area contributed by atoms with Gasteiger partial charge in [0.15, 0.2) is 10.0 Å². The zero-order chi connectivity index (χ0) is 21.4. The number of ketones is 1. The number of aromatic nitrogens is 1. The van der Waals surface area contributed by atoms with Crippen molar-refractivity contribution in [3.8, 4) is 0 Å². The Labute approximate surface area is 182 Å². The average molecular weight is 440 g/mol. The van der Waals surface area contributed by atoms with Gasteiger partial charge in [-0.2, -0.15) is 0 Å². The molecule has 4 atom stereocenters. The number of thioether (sulfide) groups is 1. The van der Waals surface area contributed by atoms with Crippen molar-refractivity contribution in [1.82, 2.24) is 4.98 Å². The number of thiazole rings is 1. The molecule has 162 valence electrons. The van der Waals surface area contributed by atoms with E-state index in [9.17, 15) is 14.7 Å². The van der Waals surface area contributed by atoms with E-state index in [1.165, 1.54) is 23.1 Å². The molecule has 0 radical (unpaired) electrons. The third-order valence-corrected chi connectivity index (χ3v) is 7.88. The molecule has 2 N–H and O–H groups in total. The minimum atomic E-state index is -1.01. The number of carboxylic acid groups (broad SMARTS) is 1. The maximum absolute atomic E-state index is 12.3. The number of carbonyl (C=O) groups excluding carboxylic acids is 1. The summed E-state index contributed by atoms with van der Waals surface area (Å²) in [4.78, 5) is 27.3. The first-order valence-electron chi connectivity index (χ1n) is 10.4. The number of allylic oxidation sites excluding steroid dienone is 1. The van der Waals surface area contributed by atoms with Gasteiger partial charge >= 0.3 is 5.97 Å². The molecule has 1 fully saturated rings. The third-order valence-electron chi connectivity index (χ3n) is 5.82. The molecule has 5 nitrogen and oxygen atoms in total. The van der Waals surface area contributed by atoms with Crippen molar-refractivity contribution >= 4 is 34.9 Å². The molecule has 0 spiro atoms. The SMILES string of the molecule is CC[C@H](C)CC[C@](C)(O)CC=C[C@H]1CCC(=O)[C@@H]1CCSc1nc(C(=O)O)cs1. The molecule has 1 saturated carbocycles. The number of carboxylic acids is 1. The summed E-state index contributed by atoms with van der Waals surface area (Å²) in [7, 11) is 0. The second-order valence-corrected chi connectivity index (χ2v) is 10.6. The molecule has 0 bridgehead atoms. The number of aromatic carboxylic acids is 1. The highest BCUT2D eigenvalue weighted by atomic mass is 32.2. The van der Waals surface area contributed by atoms with Gasteiger partial charge in [-0.1, -0.05) is 44.2 Å². The lowest BCUT2D eigenvalue weighted by atomic mass is 9.88. The van der Waals surface area contributed by atoms with Crippen molar-refractivity contribution in [3.63, 3.8) is 0 Å². The number of carbonyl (C=O) groups is 2. The van der Waals surface area contributed by atoms with E-state index < -0.39 is 11.6 Å². The van der Waals surface area contributed by atoms with Crippen molar-refractivity contribution in [2.24, 2.45) is 17.8 Å². The molecule has 1 aromatic heterocycles. The number of rotatable bonds is 12. The minimum Gasteiger partial charge on any atom is -0.476 e. The summed E-state index contributed by atoms with van der Waals surface area (Å²) in [6.07, 6.45) is 10.0. The van der Waals surface area contributed by atoms with Crippen molar-refractivity contribution in [2.45, 2.75) is 75.7 Å². The standard InChI is InChI=1S/C22H33NO4S2/c1-4-15(2)9-12-22(3,27)11-5-6-16-7-8-19(24)17(16)10-13-28-21-23-18(14-29-21)20(25)26/h5-6,14-17,27H,4,7-13H2,1-3H3,(H,25,26)/t15-,16-,17+,22+/m0/s1. The predicted molar refractivity (Wildman–Crippen MR) is 119 cm³/mol. The van der Waals surface area contributed by atoms with Crippen LogP contribution in [0.5, 0.6) is 0 Å². The van der Waals surface area contributed by atoms with Crippen molar-refractivity contribution in [2.75, 3.05) is 5.75 Å². The Morgan fingerprint density at radius 1 is 1.52 bits per heavy atom. The smallest absolute Gasteiger partial charge is 0.355 e. The summed E-state index contributed by atoms with van der Waals surface area (Å²) < 4.78 is 0.734. The fourth-order valence-corrected chi connectivity index (χ4v) is 5.49. The normalized spacial score (nSPS) is 22.8. The third kappa shape index (κ3) is 7.87. The molecule has 1 heterocycles. The van der Waals surface area contributed by atoms with Crippen LogP contribution in [-0.2, 0) is 4.79 Å². The Balaban J connectivity index is 1.81. The first-order chi connectivity index (χ1) is 13.7. The summed E-state index contributed by atoms with van der Waals surface area (Å²) in [5.41, 5.74) is -0.615. The van der Waals surface area contributed by atoms with Crippen LogP contribution in [-0.4, -0.2) is 38.3 Å². The first kappa shape index (κ1) is 24.1. The van der Waals surface area contributed by atoms with Gasteiger partial charge in [0.2, 0.25) is 0 Å². The highest BCUT2D eigenvalue weighted by molar-refractivity contribution is 8.01. The molecule has 0 saturated heterocycles. The van der Waals surface area contributed by atoms with Crippen LogP contribution < -0.4 is 0 Å². The second-order valence-electron chi connectivity index (χ2n) is 8.40.